The highest BCUT2D eigenvalue weighted by Crippen LogP contribution is 2.24. The smallest absolute Gasteiger partial charge is 0.129 e. The number of para-hydroxylation sites is 1. The van der Waals surface area contributed by atoms with Gasteiger partial charge >= 0.3 is 0 Å². The van der Waals surface area contributed by atoms with Crippen LogP contribution in [0.2, 0.25) is 0 Å². The molecule has 0 saturated carbocycles. The zero-order valence-electron chi connectivity index (χ0n) is 11.7. The third-order valence-corrected chi connectivity index (χ3v) is 3.73. The van der Waals surface area contributed by atoms with Gasteiger partial charge in [0.1, 0.15) is 18.2 Å². The first-order valence-electron chi connectivity index (χ1n) is 7.09. The van der Waals surface area contributed by atoms with Crippen LogP contribution in [0.1, 0.15) is 17.2 Å². The Morgan fingerprint density at radius 2 is 1.90 bits per heavy atom. The summed E-state index contributed by atoms with van der Waals surface area (Å²) in [6, 6.07) is 14.3. The number of aliphatic hydroxyl groups excluding tert-OH is 1. The molecule has 3 nitrogen and oxygen atoms in total. The number of ether oxygens (including phenoxy) is 1. The van der Waals surface area contributed by atoms with Crippen molar-refractivity contribution >= 4 is 0 Å². The van der Waals surface area contributed by atoms with Crippen LogP contribution < -0.4 is 4.74 Å². The number of rotatable bonds is 3. The summed E-state index contributed by atoms with van der Waals surface area (Å²) in [5.41, 5.74) is 1.44. The normalized spacial score (nSPS) is 16.7. The van der Waals surface area contributed by atoms with Crippen LogP contribution >= 0.6 is 0 Å². The van der Waals surface area contributed by atoms with Gasteiger partial charge in [-0.1, -0.05) is 36.4 Å². The van der Waals surface area contributed by atoms with Crippen LogP contribution in [0.5, 0.6) is 5.75 Å². The van der Waals surface area contributed by atoms with Crippen molar-refractivity contribution in [1.82, 2.24) is 4.90 Å². The molecule has 1 aliphatic heterocycles. The van der Waals surface area contributed by atoms with E-state index in [1.54, 1.807) is 18.2 Å². The number of fused-ring (bicyclic) bond motifs is 1. The number of benzene rings is 2. The Balaban J connectivity index is 1.72. The summed E-state index contributed by atoms with van der Waals surface area (Å²) in [5, 5.41) is 10.3. The summed E-state index contributed by atoms with van der Waals surface area (Å²) in [6.07, 6.45) is -0.837. The van der Waals surface area contributed by atoms with Crippen molar-refractivity contribution in [2.75, 3.05) is 19.7 Å². The fraction of sp³-hybridized carbons (Fsp3) is 0.294. The monoisotopic (exact) mass is 287 g/mol. The van der Waals surface area contributed by atoms with Crippen molar-refractivity contribution in [2.24, 2.45) is 0 Å². The Hall–Kier alpha value is -1.91. The Morgan fingerprint density at radius 3 is 2.76 bits per heavy atom. The van der Waals surface area contributed by atoms with Gasteiger partial charge in [-0.15, -0.1) is 0 Å². The van der Waals surface area contributed by atoms with Crippen LogP contribution in [0.4, 0.5) is 4.39 Å². The lowest BCUT2D eigenvalue weighted by molar-refractivity contribution is 0.102. The maximum atomic E-state index is 13.7. The van der Waals surface area contributed by atoms with Crippen molar-refractivity contribution in [3.05, 3.63) is 65.5 Å². The molecule has 0 saturated heterocycles. The molecule has 0 bridgehead atoms. The topological polar surface area (TPSA) is 32.7 Å². The summed E-state index contributed by atoms with van der Waals surface area (Å²) in [7, 11) is 0. The molecule has 0 amide bonds. The van der Waals surface area contributed by atoms with Crippen molar-refractivity contribution in [2.45, 2.75) is 12.6 Å². The van der Waals surface area contributed by atoms with Crippen molar-refractivity contribution in [3.63, 3.8) is 0 Å². The number of β-amino-alcohol motifs (C(OH)–C–C–N with tert-alkyl or cyclic N) is 1. The Kier molecular flexibility index (Phi) is 4.18. The largest absolute Gasteiger partial charge is 0.492 e. The van der Waals surface area contributed by atoms with E-state index in [2.05, 4.69) is 4.90 Å². The van der Waals surface area contributed by atoms with Crippen molar-refractivity contribution < 1.29 is 14.2 Å². The van der Waals surface area contributed by atoms with Gasteiger partial charge < -0.3 is 9.84 Å². The number of hydrogen-bond acceptors (Lipinski definition) is 3. The summed E-state index contributed by atoms with van der Waals surface area (Å²) in [5.74, 6) is 0.525. The van der Waals surface area contributed by atoms with Gasteiger partial charge in [-0.05, 0) is 12.1 Å². The van der Waals surface area contributed by atoms with Gasteiger partial charge in [0.05, 0.1) is 6.10 Å². The highest BCUT2D eigenvalue weighted by atomic mass is 19.1. The molecule has 1 heterocycles. The van der Waals surface area contributed by atoms with Crippen LogP contribution in [0.3, 0.4) is 0 Å². The molecule has 1 N–H and O–H groups in total. The second-order valence-corrected chi connectivity index (χ2v) is 5.23. The average Bonchev–Trinajstić information content (AvgIpc) is 2.69. The van der Waals surface area contributed by atoms with Gasteiger partial charge in [-0.3, -0.25) is 4.90 Å². The van der Waals surface area contributed by atoms with Crippen LogP contribution in [0.15, 0.2) is 48.5 Å². The lowest BCUT2D eigenvalue weighted by Gasteiger charge is -2.23. The predicted molar refractivity (Wildman–Crippen MR) is 78.6 cm³/mol. The molecule has 4 heteroatoms. The Labute approximate surface area is 123 Å². The molecule has 2 aromatic carbocycles. The molecule has 2 aromatic rings. The molecule has 1 aliphatic rings. The highest BCUT2D eigenvalue weighted by Gasteiger charge is 2.20. The third-order valence-electron chi connectivity index (χ3n) is 3.73. The fourth-order valence-electron chi connectivity index (χ4n) is 2.62. The number of aliphatic hydroxyl groups is 1. The summed E-state index contributed by atoms with van der Waals surface area (Å²) in [4.78, 5) is 2.09. The zero-order chi connectivity index (χ0) is 14.7. The molecule has 0 aromatic heterocycles. The highest BCUT2D eigenvalue weighted by molar-refractivity contribution is 5.33. The molecule has 3 rings (SSSR count). The minimum atomic E-state index is -0.837. The minimum absolute atomic E-state index is 0.343. The van der Waals surface area contributed by atoms with Crippen LogP contribution in [-0.2, 0) is 6.54 Å². The van der Waals surface area contributed by atoms with E-state index in [1.807, 2.05) is 24.3 Å². The lowest BCUT2D eigenvalue weighted by atomic mass is 10.1. The van der Waals surface area contributed by atoms with Gasteiger partial charge in [0, 0.05) is 30.8 Å². The first-order chi connectivity index (χ1) is 10.2. The fourth-order valence-corrected chi connectivity index (χ4v) is 2.62. The Morgan fingerprint density at radius 1 is 1.14 bits per heavy atom. The summed E-state index contributed by atoms with van der Waals surface area (Å²) < 4.78 is 19.4. The van der Waals surface area contributed by atoms with Crippen LogP contribution in [0.25, 0.3) is 0 Å². The van der Waals surface area contributed by atoms with E-state index in [9.17, 15) is 9.50 Å². The average molecular weight is 287 g/mol. The minimum Gasteiger partial charge on any atom is -0.492 e. The molecule has 0 radical (unpaired) electrons. The van der Waals surface area contributed by atoms with Crippen molar-refractivity contribution in [3.8, 4) is 5.75 Å². The van der Waals surface area contributed by atoms with E-state index in [4.69, 9.17) is 4.74 Å². The molecular formula is C17H18FNO2. The lowest BCUT2D eigenvalue weighted by Crippen LogP contribution is -2.30. The molecule has 0 spiro atoms. The van der Waals surface area contributed by atoms with Crippen molar-refractivity contribution in [1.29, 1.82) is 0 Å². The number of nitrogens with zero attached hydrogens (tertiary/aromatic N) is 1. The van der Waals surface area contributed by atoms with Gasteiger partial charge in [0.15, 0.2) is 0 Å². The molecule has 0 fully saturated rings. The van der Waals surface area contributed by atoms with Crippen LogP contribution in [0, 0.1) is 5.82 Å². The maximum absolute atomic E-state index is 13.7. The summed E-state index contributed by atoms with van der Waals surface area (Å²) >= 11 is 0. The maximum Gasteiger partial charge on any atom is 0.129 e. The van der Waals surface area contributed by atoms with E-state index in [-0.39, 0.29) is 5.82 Å². The first-order valence-corrected chi connectivity index (χ1v) is 7.09. The molecule has 1 unspecified atom stereocenters. The van der Waals surface area contributed by atoms with E-state index in [1.165, 1.54) is 6.07 Å². The standard InChI is InChI=1S/C17H18FNO2/c18-15-7-3-2-6-14(15)16(20)12-19-9-10-21-17-8-4-1-5-13(17)11-19/h1-8,16,20H,9-12H2. The molecular weight excluding hydrogens is 269 g/mol. The number of hydrogen-bond donors (Lipinski definition) is 1. The quantitative estimate of drug-likeness (QED) is 0.942. The van der Waals surface area contributed by atoms with E-state index >= 15 is 0 Å². The zero-order valence-corrected chi connectivity index (χ0v) is 11.7. The second kappa shape index (κ2) is 6.24. The second-order valence-electron chi connectivity index (χ2n) is 5.23. The molecule has 1 atom stereocenters. The van der Waals surface area contributed by atoms with Gasteiger partial charge in [0.2, 0.25) is 0 Å². The first kappa shape index (κ1) is 14.0. The molecule has 21 heavy (non-hydrogen) atoms. The van der Waals surface area contributed by atoms with Gasteiger partial charge in [0.25, 0.3) is 0 Å². The summed E-state index contributed by atoms with van der Waals surface area (Å²) in [6.45, 7) is 2.36. The third kappa shape index (κ3) is 3.23. The number of halogens is 1. The van der Waals surface area contributed by atoms with Gasteiger partial charge in [-0.2, -0.15) is 0 Å². The van der Waals surface area contributed by atoms with Crippen LogP contribution in [-0.4, -0.2) is 29.7 Å². The van der Waals surface area contributed by atoms with Gasteiger partial charge in [-0.25, -0.2) is 4.39 Å². The molecule has 110 valence electrons. The Bertz CT molecular complexity index is 617. The SMILES string of the molecule is OC(CN1CCOc2ccccc2C1)c1ccccc1F. The molecule has 0 aliphatic carbocycles. The van der Waals surface area contributed by atoms with E-state index in [0.717, 1.165) is 11.3 Å². The van der Waals surface area contributed by atoms with E-state index in [0.29, 0.717) is 31.8 Å². The van der Waals surface area contributed by atoms with E-state index < -0.39 is 6.10 Å². The predicted octanol–water partition coefficient (Wildman–Crippen LogP) is 2.75.